The summed E-state index contributed by atoms with van der Waals surface area (Å²) in [5.74, 6) is -0.0844. The number of carbonyl (C=O) groups is 2. The second-order valence-corrected chi connectivity index (χ2v) is 11.8. The molecule has 6 nitrogen and oxygen atoms in total. The topological polar surface area (TPSA) is 74.3 Å². The lowest BCUT2D eigenvalue weighted by molar-refractivity contribution is -0.132. The molecule has 2 aliphatic carbocycles. The summed E-state index contributed by atoms with van der Waals surface area (Å²) in [4.78, 5) is 34.9. The maximum absolute atomic E-state index is 14.4. The molecule has 1 saturated carbocycles. The van der Waals surface area contributed by atoms with E-state index < -0.39 is 5.54 Å². The summed E-state index contributed by atoms with van der Waals surface area (Å²) in [6.45, 7) is 7.38. The lowest BCUT2D eigenvalue weighted by Gasteiger charge is -2.43. The molecule has 3 aliphatic rings. The highest BCUT2D eigenvalue weighted by Crippen LogP contribution is 2.45. The molecule has 196 valence electrons. The average molecular weight is 493 g/mol. The van der Waals surface area contributed by atoms with Gasteiger partial charge in [-0.15, -0.1) is 0 Å². The van der Waals surface area contributed by atoms with Crippen LogP contribution < -0.4 is 15.5 Å². The van der Waals surface area contributed by atoms with Crippen molar-refractivity contribution < 1.29 is 12.4 Å². The van der Waals surface area contributed by atoms with Gasteiger partial charge in [0, 0.05) is 32.5 Å². The van der Waals surface area contributed by atoms with Gasteiger partial charge < -0.3 is 10.6 Å². The Bertz CT molecular complexity index is 1110. The smallest absolute Gasteiger partial charge is 0.251 e. The molecule has 1 aromatic carbocycles. The summed E-state index contributed by atoms with van der Waals surface area (Å²) in [7, 11) is 0. The standard InChI is InChI=1S/C30H40N4O2.2H2/c1-29(2,3)22-11-13-24(14-12-22)34(27(35)26-10-7-18-32-26)30(17-15-21-16-19-31-20-25(21)30)28(36)33-23-8-5-4-6-9-23;;/h11-14,16,19-20,23,26,32H,4-10,15,17-18H2,1-3H3,(H,33,36);2*1H. The maximum Gasteiger partial charge on any atom is 0.251 e. The van der Waals surface area contributed by atoms with Gasteiger partial charge in [-0.05, 0) is 79.8 Å². The van der Waals surface area contributed by atoms with Crippen molar-refractivity contribution in [1.29, 1.82) is 0 Å². The Balaban J connectivity index is 0.00000200. The molecule has 0 spiro atoms. The quantitative estimate of drug-likeness (QED) is 0.598. The minimum absolute atomic E-state index is 0. The normalized spacial score (nSPS) is 24.4. The van der Waals surface area contributed by atoms with Crippen LogP contribution in [0.5, 0.6) is 0 Å². The molecule has 36 heavy (non-hydrogen) atoms. The number of nitrogens with one attached hydrogen (secondary N) is 2. The third-order valence-electron chi connectivity index (χ3n) is 8.38. The second kappa shape index (κ2) is 9.97. The molecule has 2 fully saturated rings. The molecule has 2 amide bonds. The van der Waals surface area contributed by atoms with Crippen molar-refractivity contribution in [3.8, 4) is 0 Å². The minimum Gasteiger partial charge on any atom is -0.351 e. The zero-order valence-corrected chi connectivity index (χ0v) is 22.0. The number of carbonyl (C=O) groups excluding carboxylic acids is 2. The summed E-state index contributed by atoms with van der Waals surface area (Å²) in [6.07, 6.45) is 12.2. The predicted molar refractivity (Wildman–Crippen MR) is 147 cm³/mol. The SMILES string of the molecule is CC(C)(C)c1ccc(N(C(=O)C2CCCN2)C2(C(=O)NC3CCCCC3)CCc3ccncc32)cc1.[HH].[HH]. The number of fused-ring (bicyclic) bond motifs is 1. The summed E-state index contributed by atoms with van der Waals surface area (Å²) in [5.41, 5.74) is 2.84. The molecule has 0 radical (unpaired) electrons. The van der Waals surface area contributed by atoms with Gasteiger partial charge in [0.05, 0.1) is 6.04 Å². The van der Waals surface area contributed by atoms with Crippen LogP contribution in [-0.2, 0) is 27.0 Å². The third-order valence-corrected chi connectivity index (χ3v) is 8.38. The Kier molecular flexibility index (Phi) is 6.90. The molecule has 2 aromatic rings. The number of benzene rings is 1. The Morgan fingerprint density at radius 2 is 1.81 bits per heavy atom. The predicted octanol–water partition coefficient (Wildman–Crippen LogP) is 5.25. The largest absolute Gasteiger partial charge is 0.351 e. The van der Waals surface area contributed by atoms with Crippen LogP contribution in [0.1, 0.15) is 91.7 Å². The second-order valence-electron chi connectivity index (χ2n) is 11.8. The van der Waals surface area contributed by atoms with E-state index in [1.165, 1.54) is 12.0 Å². The zero-order valence-electron chi connectivity index (χ0n) is 22.0. The molecule has 5 rings (SSSR count). The Labute approximate surface area is 218 Å². The molecule has 2 N–H and O–H groups in total. The van der Waals surface area contributed by atoms with Gasteiger partial charge in [-0.1, -0.05) is 52.2 Å². The Morgan fingerprint density at radius 1 is 1.06 bits per heavy atom. The first-order chi connectivity index (χ1) is 17.3. The van der Waals surface area contributed by atoms with Crippen LogP contribution in [0.25, 0.3) is 0 Å². The van der Waals surface area contributed by atoms with E-state index in [2.05, 4.69) is 48.5 Å². The van der Waals surface area contributed by atoms with Gasteiger partial charge in [0.25, 0.3) is 5.91 Å². The highest BCUT2D eigenvalue weighted by Gasteiger charge is 2.54. The summed E-state index contributed by atoms with van der Waals surface area (Å²) >= 11 is 0. The van der Waals surface area contributed by atoms with Gasteiger partial charge in [0.1, 0.15) is 0 Å². The van der Waals surface area contributed by atoms with E-state index in [-0.39, 0.29) is 32.2 Å². The number of anilines is 1. The van der Waals surface area contributed by atoms with E-state index in [0.29, 0.717) is 6.42 Å². The number of nitrogens with zero attached hydrogens (tertiary/aromatic N) is 2. The van der Waals surface area contributed by atoms with Crippen LogP contribution in [0, 0.1) is 0 Å². The lowest BCUT2D eigenvalue weighted by Crippen LogP contribution is -2.62. The van der Waals surface area contributed by atoms with Crippen molar-refractivity contribution in [3.63, 3.8) is 0 Å². The fourth-order valence-corrected chi connectivity index (χ4v) is 6.28. The number of hydrogen-bond donors (Lipinski definition) is 2. The lowest BCUT2D eigenvalue weighted by atomic mass is 9.85. The minimum atomic E-state index is -1.11. The molecule has 1 saturated heterocycles. The number of aromatic nitrogens is 1. The monoisotopic (exact) mass is 492 g/mol. The zero-order chi connectivity index (χ0) is 25.3. The number of rotatable bonds is 5. The Hall–Kier alpha value is -2.73. The van der Waals surface area contributed by atoms with Crippen molar-refractivity contribution >= 4 is 17.5 Å². The van der Waals surface area contributed by atoms with E-state index in [1.807, 2.05) is 29.3 Å². The number of amides is 2. The van der Waals surface area contributed by atoms with Crippen LogP contribution >= 0.6 is 0 Å². The fourth-order valence-electron chi connectivity index (χ4n) is 6.28. The van der Waals surface area contributed by atoms with Crippen LogP contribution in [-0.4, -0.2) is 35.4 Å². The van der Waals surface area contributed by atoms with E-state index in [4.69, 9.17) is 0 Å². The molecule has 2 heterocycles. The van der Waals surface area contributed by atoms with E-state index in [1.54, 1.807) is 6.20 Å². The van der Waals surface area contributed by atoms with Crippen LogP contribution in [0.15, 0.2) is 42.7 Å². The molecule has 2 unspecified atom stereocenters. The van der Waals surface area contributed by atoms with Gasteiger partial charge in [-0.3, -0.25) is 19.5 Å². The summed E-state index contributed by atoms with van der Waals surface area (Å²) in [6, 6.07) is 10.1. The highest BCUT2D eigenvalue weighted by molar-refractivity contribution is 6.07. The van der Waals surface area contributed by atoms with Crippen LogP contribution in [0.4, 0.5) is 5.69 Å². The average Bonchev–Trinajstić information content (AvgIpc) is 3.54. The highest BCUT2D eigenvalue weighted by atomic mass is 16.2. The third kappa shape index (κ3) is 4.56. The molecule has 1 aromatic heterocycles. The van der Waals surface area contributed by atoms with Crippen LogP contribution in [0.2, 0.25) is 0 Å². The van der Waals surface area contributed by atoms with Gasteiger partial charge in [0.2, 0.25) is 5.91 Å². The number of aryl methyl sites for hydroxylation is 1. The summed E-state index contributed by atoms with van der Waals surface area (Å²) < 4.78 is 0. The number of hydrogen-bond acceptors (Lipinski definition) is 4. The van der Waals surface area contributed by atoms with E-state index in [0.717, 1.165) is 68.3 Å². The molecule has 2 atom stereocenters. The van der Waals surface area contributed by atoms with Crippen molar-refractivity contribution in [1.82, 2.24) is 15.6 Å². The van der Waals surface area contributed by atoms with Gasteiger partial charge in [-0.25, -0.2) is 0 Å². The van der Waals surface area contributed by atoms with Gasteiger partial charge in [-0.2, -0.15) is 0 Å². The van der Waals surface area contributed by atoms with Crippen molar-refractivity contribution in [2.24, 2.45) is 0 Å². The summed E-state index contributed by atoms with van der Waals surface area (Å²) in [5, 5.41) is 6.78. The first kappa shape index (κ1) is 24.9. The molecule has 0 bridgehead atoms. The molecular formula is C30H44N4O2. The van der Waals surface area contributed by atoms with Gasteiger partial charge in [0.15, 0.2) is 5.54 Å². The molecule has 1 aliphatic heterocycles. The van der Waals surface area contributed by atoms with E-state index >= 15 is 0 Å². The maximum atomic E-state index is 14.4. The van der Waals surface area contributed by atoms with Crippen molar-refractivity contribution in [2.45, 2.75) is 102 Å². The Morgan fingerprint density at radius 3 is 2.47 bits per heavy atom. The van der Waals surface area contributed by atoms with E-state index in [9.17, 15) is 9.59 Å². The van der Waals surface area contributed by atoms with Gasteiger partial charge >= 0.3 is 0 Å². The molecule has 6 heteroatoms. The van der Waals surface area contributed by atoms with Crippen molar-refractivity contribution in [2.75, 3.05) is 11.4 Å². The first-order valence-electron chi connectivity index (χ1n) is 13.7. The molecular weight excluding hydrogens is 448 g/mol. The first-order valence-corrected chi connectivity index (χ1v) is 13.7. The number of pyridine rings is 1. The fraction of sp³-hybridized carbons (Fsp3) is 0.567. The van der Waals surface area contributed by atoms with Crippen molar-refractivity contribution in [3.05, 3.63) is 59.4 Å². The van der Waals surface area contributed by atoms with Crippen LogP contribution in [0.3, 0.4) is 0 Å².